The lowest BCUT2D eigenvalue weighted by atomic mass is 10.0. The van der Waals surface area contributed by atoms with Crippen molar-refractivity contribution in [1.29, 1.82) is 0 Å². The fourth-order valence-electron chi connectivity index (χ4n) is 3.94. The van der Waals surface area contributed by atoms with Crippen molar-refractivity contribution in [2.45, 2.75) is 25.3 Å². The highest BCUT2D eigenvalue weighted by atomic mass is 16.4. The minimum atomic E-state index is -0.851. The van der Waals surface area contributed by atoms with Crippen LogP contribution in [0.15, 0.2) is 36.4 Å². The lowest BCUT2D eigenvalue weighted by Crippen LogP contribution is -2.32. The molecule has 102 valence electrons. The van der Waals surface area contributed by atoms with Crippen molar-refractivity contribution in [2.24, 2.45) is 5.92 Å². The topological polar surface area (TPSA) is 40.5 Å². The zero-order valence-corrected chi connectivity index (χ0v) is 11.2. The van der Waals surface area contributed by atoms with Gasteiger partial charge in [0.25, 0.3) is 0 Å². The molecule has 0 radical (unpaired) electrons. The Morgan fingerprint density at radius 1 is 1.10 bits per heavy atom. The molecule has 3 nitrogen and oxygen atoms in total. The lowest BCUT2D eigenvalue weighted by molar-refractivity contribution is 0.0699. The molecule has 20 heavy (non-hydrogen) atoms. The van der Waals surface area contributed by atoms with E-state index >= 15 is 0 Å². The van der Waals surface area contributed by atoms with Gasteiger partial charge in [-0.25, -0.2) is 4.79 Å². The van der Waals surface area contributed by atoms with E-state index in [-0.39, 0.29) is 0 Å². The fourth-order valence-corrected chi connectivity index (χ4v) is 3.94. The van der Waals surface area contributed by atoms with E-state index in [4.69, 9.17) is 0 Å². The Labute approximate surface area is 117 Å². The number of carboxylic acid groups (broad SMARTS) is 1. The number of aromatic carboxylic acids is 1. The highest BCUT2D eigenvalue weighted by Crippen LogP contribution is 2.42. The maximum Gasteiger partial charge on any atom is 0.336 e. The Balaban J connectivity index is 1.89. The molecule has 0 amide bonds. The van der Waals surface area contributed by atoms with Gasteiger partial charge in [-0.05, 0) is 42.7 Å². The summed E-state index contributed by atoms with van der Waals surface area (Å²) in [6.07, 6.45) is 3.93. The monoisotopic (exact) mass is 267 g/mol. The van der Waals surface area contributed by atoms with Crippen LogP contribution >= 0.6 is 0 Å². The van der Waals surface area contributed by atoms with Gasteiger partial charge in [-0.15, -0.1) is 0 Å². The number of hydrogen-bond acceptors (Lipinski definition) is 2. The summed E-state index contributed by atoms with van der Waals surface area (Å²) >= 11 is 0. The number of carbonyl (C=O) groups is 1. The molecule has 1 saturated heterocycles. The quantitative estimate of drug-likeness (QED) is 0.905. The molecule has 0 spiro atoms. The zero-order valence-electron chi connectivity index (χ0n) is 11.2. The molecule has 2 atom stereocenters. The van der Waals surface area contributed by atoms with Gasteiger partial charge >= 0.3 is 5.97 Å². The highest BCUT2D eigenvalue weighted by Gasteiger charge is 2.38. The zero-order chi connectivity index (χ0) is 13.7. The first-order valence-corrected chi connectivity index (χ1v) is 7.26. The molecular weight excluding hydrogens is 250 g/mol. The van der Waals surface area contributed by atoms with Gasteiger partial charge in [-0.1, -0.05) is 24.3 Å². The molecule has 2 unspecified atom stereocenters. The normalized spacial score (nSPS) is 24.5. The van der Waals surface area contributed by atoms with Crippen LogP contribution in [0.1, 0.15) is 29.6 Å². The first-order valence-electron chi connectivity index (χ1n) is 7.26. The predicted octanol–water partition coefficient (Wildman–Crippen LogP) is 3.53. The van der Waals surface area contributed by atoms with E-state index < -0.39 is 5.97 Å². The number of hydrogen-bond donors (Lipinski definition) is 1. The third kappa shape index (κ3) is 1.62. The Kier molecular flexibility index (Phi) is 2.49. The average molecular weight is 267 g/mol. The predicted molar refractivity (Wildman–Crippen MR) is 79.4 cm³/mol. The van der Waals surface area contributed by atoms with E-state index in [9.17, 15) is 9.90 Å². The summed E-state index contributed by atoms with van der Waals surface area (Å²) in [5, 5.41) is 11.2. The first-order chi connectivity index (χ1) is 9.74. The van der Waals surface area contributed by atoms with E-state index in [1.54, 1.807) is 6.07 Å². The fraction of sp³-hybridized carbons (Fsp3) is 0.353. The van der Waals surface area contributed by atoms with E-state index in [2.05, 4.69) is 4.90 Å². The number of nitrogens with zero attached hydrogens (tertiary/aromatic N) is 1. The second kappa shape index (κ2) is 4.23. The van der Waals surface area contributed by atoms with Crippen LogP contribution in [0.4, 0.5) is 5.69 Å². The van der Waals surface area contributed by atoms with Crippen molar-refractivity contribution < 1.29 is 9.90 Å². The summed E-state index contributed by atoms with van der Waals surface area (Å²) in [6, 6.07) is 12.3. The molecule has 2 bridgehead atoms. The van der Waals surface area contributed by atoms with E-state index in [0.717, 1.165) is 23.2 Å². The Morgan fingerprint density at radius 3 is 2.55 bits per heavy atom. The summed E-state index contributed by atoms with van der Waals surface area (Å²) < 4.78 is 0. The summed E-state index contributed by atoms with van der Waals surface area (Å²) in [7, 11) is 0. The van der Waals surface area contributed by atoms with Gasteiger partial charge in [0.15, 0.2) is 0 Å². The van der Waals surface area contributed by atoms with Gasteiger partial charge in [0.1, 0.15) is 0 Å². The molecule has 1 aliphatic heterocycles. The molecule has 1 aliphatic carbocycles. The van der Waals surface area contributed by atoms with Gasteiger partial charge in [0.05, 0.1) is 5.56 Å². The molecule has 1 N–H and O–H groups in total. The van der Waals surface area contributed by atoms with Crippen LogP contribution in [0.3, 0.4) is 0 Å². The Morgan fingerprint density at radius 2 is 1.90 bits per heavy atom. The van der Waals surface area contributed by atoms with Crippen molar-refractivity contribution in [3.8, 4) is 0 Å². The van der Waals surface area contributed by atoms with Gasteiger partial charge in [0.2, 0.25) is 0 Å². The van der Waals surface area contributed by atoms with Crippen molar-refractivity contribution >= 4 is 22.4 Å². The number of anilines is 1. The third-order valence-electron chi connectivity index (χ3n) is 4.85. The van der Waals surface area contributed by atoms with Crippen molar-refractivity contribution in [3.05, 3.63) is 42.0 Å². The molecule has 0 aromatic heterocycles. The van der Waals surface area contributed by atoms with Crippen molar-refractivity contribution in [1.82, 2.24) is 0 Å². The van der Waals surface area contributed by atoms with Gasteiger partial charge in [-0.2, -0.15) is 0 Å². The molecular formula is C17H17NO2. The van der Waals surface area contributed by atoms with Crippen molar-refractivity contribution in [2.75, 3.05) is 11.4 Å². The second-order valence-corrected chi connectivity index (χ2v) is 5.97. The molecule has 2 aliphatic rings. The number of benzene rings is 2. The number of fused-ring (bicyclic) bond motifs is 3. The van der Waals surface area contributed by atoms with Crippen LogP contribution in [0.25, 0.3) is 10.8 Å². The van der Waals surface area contributed by atoms with Crippen LogP contribution in [-0.4, -0.2) is 23.7 Å². The van der Waals surface area contributed by atoms with E-state index in [0.29, 0.717) is 11.6 Å². The number of piperidine rings is 1. The van der Waals surface area contributed by atoms with Crippen molar-refractivity contribution in [3.63, 3.8) is 0 Å². The van der Waals surface area contributed by atoms with Crippen LogP contribution < -0.4 is 4.90 Å². The summed E-state index contributed by atoms with van der Waals surface area (Å²) in [4.78, 5) is 13.8. The van der Waals surface area contributed by atoms with E-state index in [1.165, 1.54) is 24.9 Å². The minimum Gasteiger partial charge on any atom is -0.478 e. The maximum absolute atomic E-state index is 11.4. The smallest absolute Gasteiger partial charge is 0.336 e. The van der Waals surface area contributed by atoms with Crippen LogP contribution in [-0.2, 0) is 0 Å². The van der Waals surface area contributed by atoms with Gasteiger partial charge in [0, 0.05) is 23.7 Å². The summed E-state index contributed by atoms with van der Waals surface area (Å²) in [5.74, 6) is -0.0198. The number of rotatable bonds is 2. The molecule has 4 rings (SSSR count). The Hall–Kier alpha value is -2.03. The number of carboxylic acids is 1. The molecule has 3 heteroatoms. The lowest BCUT2D eigenvalue weighted by Gasteiger charge is -2.30. The summed E-state index contributed by atoms with van der Waals surface area (Å²) in [5.41, 5.74) is 1.60. The highest BCUT2D eigenvalue weighted by molar-refractivity contribution is 6.08. The molecule has 2 aromatic rings. The average Bonchev–Trinajstić information content (AvgIpc) is 3.08. The van der Waals surface area contributed by atoms with Crippen LogP contribution in [0, 0.1) is 5.92 Å². The Bertz CT molecular complexity index is 694. The minimum absolute atomic E-state index is 0.397. The molecule has 2 fully saturated rings. The standard InChI is InChI=1S/C17H17NO2/c19-17(20)15-7-8-16(14-4-2-1-3-13(14)15)18-10-11-5-6-12(18)9-11/h1-4,7-8,11-12H,5-6,9-10H2,(H,19,20). The second-order valence-electron chi connectivity index (χ2n) is 5.97. The third-order valence-corrected chi connectivity index (χ3v) is 4.85. The van der Waals surface area contributed by atoms with E-state index in [1.807, 2.05) is 30.3 Å². The molecule has 1 heterocycles. The first kappa shape index (κ1) is 11.8. The largest absolute Gasteiger partial charge is 0.478 e. The van der Waals surface area contributed by atoms with Crippen LogP contribution in [0.5, 0.6) is 0 Å². The molecule has 2 aromatic carbocycles. The SMILES string of the molecule is O=C(O)c1ccc(N2CC3CCC2C3)c2ccccc12. The van der Waals surface area contributed by atoms with Crippen LogP contribution in [0.2, 0.25) is 0 Å². The van der Waals surface area contributed by atoms with Gasteiger partial charge in [-0.3, -0.25) is 0 Å². The molecule has 1 saturated carbocycles. The summed E-state index contributed by atoms with van der Waals surface area (Å²) in [6.45, 7) is 1.13. The maximum atomic E-state index is 11.4. The van der Waals surface area contributed by atoms with Gasteiger partial charge < -0.3 is 10.0 Å².